The fraction of sp³-hybridized carbons (Fsp3) is 0.474. The summed E-state index contributed by atoms with van der Waals surface area (Å²) in [5.41, 5.74) is 1.27. The van der Waals surface area contributed by atoms with Crippen LogP contribution in [0.4, 0.5) is 0 Å². The second-order valence-corrected chi connectivity index (χ2v) is 6.64. The Labute approximate surface area is 148 Å². The van der Waals surface area contributed by atoms with E-state index in [2.05, 4.69) is 5.10 Å². The monoisotopic (exact) mass is 343 g/mol. The predicted molar refractivity (Wildman–Crippen MR) is 95.0 cm³/mol. The first-order valence-electron chi connectivity index (χ1n) is 8.72. The smallest absolute Gasteiger partial charge is 0.274 e. The van der Waals surface area contributed by atoms with E-state index in [1.54, 1.807) is 36.0 Å². The lowest BCUT2D eigenvalue weighted by Crippen LogP contribution is -2.38. The van der Waals surface area contributed by atoms with E-state index >= 15 is 0 Å². The summed E-state index contributed by atoms with van der Waals surface area (Å²) in [4.78, 5) is 14.3. The van der Waals surface area contributed by atoms with E-state index < -0.39 is 0 Å². The third-order valence-corrected chi connectivity index (χ3v) is 4.87. The average Bonchev–Trinajstić information content (AvgIpc) is 3.13. The molecule has 1 heterocycles. The van der Waals surface area contributed by atoms with Crippen molar-refractivity contribution in [3.8, 4) is 11.4 Å². The van der Waals surface area contributed by atoms with E-state index in [0.717, 1.165) is 37.1 Å². The van der Waals surface area contributed by atoms with Gasteiger partial charge in [0.1, 0.15) is 5.75 Å². The van der Waals surface area contributed by atoms with Crippen LogP contribution in [0.15, 0.2) is 36.5 Å². The minimum Gasteiger partial charge on any atom is -0.497 e. The van der Waals surface area contributed by atoms with E-state index in [9.17, 15) is 9.90 Å². The predicted octanol–water partition coefficient (Wildman–Crippen LogP) is 2.50. The van der Waals surface area contributed by atoms with Crippen molar-refractivity contribution in [1.82, 2.24) is 14.7 Å². The van der Waals surface area contributed by atoms with E-state index in [1.165, 1.54) is 0 Å². The van der Waals surface area contributed by atoms with E-state index in [0.29, 0.717) is 12.2 Å². The Bertz CT molecular complexity index is 711. The van der Waals surface area contributed by atoms with Crippen molar-refractivity contribution in [2.45, 2.75) is 31.8 Å². The highest BCUT2D eigenvalue weighted by Gasteiger charge is 2.26. The standard InChI is InChI=1S/C19H25N3O3/c1-21(13-14-5-3-4-6-18(14)23)19(24)17-11-12-22(20-17)15-7-9-16(25-2)10-8-15/h7-12,14,18,23H,3-6,13H2,1-2H3. The molecule has 0 spiro atoms. The number of methoxy groups -OCH3 is 1. The topological polar surface area (TPSA) is 67.6 Å². The van der Waals surface area contributed by atoms with Crippen LogP contribution >= 0.6 is 0 Å². The Morgan fingerprint density at radius 2 is 2.00 bits per heavy atom. The zero-order valence-corrected chi connectivity index (χ0v) is 14.8. The number of aliphatic hydroxyl groups is 1. The van der Waals surface area contributed by atoms with Gasteiger partial charge in [0, 0.05) is 25.7 Å². The molecular weight excluding hydrogens is 318 g/mol. The molecule has 2 unspecified atom stereocenters. The second-order valence-electron chi connectivity index (χ2n) is 6.64. The molecule has 0 aliphatic heterocycles. The molecule has 1 N–H and O–H groups in total. The molecule has 1 aromatic carbocycles. The zero-order chi connectivity index (χ0) is 17.8. The molecule has 1 saturated carbocycles. The van der Waals surface area contributed by atoms with Crippen molar-refractivity contribution >= 4 is 5.91 Å². The maximum Gasteiger partial charge on any atom is 0.274 e. The summed E-state index contributed by atoms with van der Waals surface area (Å²) >= 11 is 0. The molecule has 0 saturated heterocycles. The number of benzene rings is 1. The molecule has 1 amide bonds. The van der Waals surface area contributed by atoms with Crippen LogP contribution in [0, 0.1) is 5.92 Å². The summed E-state index contributed by atoms with van der Waals surface area (Å²) in [7, 11) is 3.40. The minimum absolute atomic E-state index is 0.120. The Balaban J connectivity index is 1.66. The number of nitrogens with zero attached hydrogens (tertiary/aromatic N) is 3. The van der Waals surface area contributed by atoms with Gasteiger partial charge in [-0.15, -0.1) is 0 Å². The van der Waals surface area contributed by atoms with E-state index in [1.807, 2.05) is 24.3 Å². The molecular formula is C19H25N3O3. The molecule has 2 atom stereocenters. The number of carbonyl (C=O) groups is 1. The molecule has 25 heavy (non-hydrogen) atoms. The third kappa shape index (κ3) is 4.02. The molecule has 134 valence electrons. The number of hydrogen-bond donors (Lipinski definition) is 1. The van der Waals surface area contributed by atoms with Gasteiger partial charge in [0.2, 0.25) is 0 Å². The van der Waals surface area contributed by atoms with Crippen LogP contribution in [0.2, 0.25) is 0 Å². The van der Waals surface area contributed by atoms with Crippen molar-refractivity contribution in [2.24, 2.45) is 5.92 Å². The van der Waals surface area contributed by atoms with Gasteiger partial charge in [-0.1, -0.05) is 12.8 Å². The number of aliphatic hydroxyl groups excluding tert-OH is 1. The first kappa shape index (κ1) is 17.5. The molecule has 0 radical (unpaired) electrons. The van der Waals surface area contributed by atoms with Crippen LogP contribution in [0.3, 0.4) is 0 Å². The van der Waals surface area contributed by atoms with Crippen molar-refractivity contribution in [3.63, 3.8) is 0 Å². The van der Waals surface area contributed by atoms with Crippen molar-refractivity contribution in [3.05, 3.63) is 42.2 Å². The highest BCUT2D eigenvalue weighted by atomic mass is 16.5. The first-order chi connectivity index (χ1) is 12.1. The average molecular weight is 343 g/mol. The molecule has 0 bridgehead atoms. The van der Waals surface area contributed by atoms with Gasteiger partial charge in [-0.25, -0.2) is 4.68 Å². The maximum absolute atomic E-state index is 12.6. The number of amides is 1. The van der Waals surface area contributed by atoms with Crippen molar-refractivity contribution in [1.29, 1.82) is 0 Å². The lowest BCUT2D eigenvalue weighted by atomic mass is 9.86. The van der Waals surface area contributed by atoms with Crippen LogP contribution < -0.4 is 4.74 Å². The Morgan fingerprint density at radius 3 is 2.68 bits per heavy atom. The van der Waals surface area contributed by atoms with E-state index in [4.69, 9.17) is 4.74 Å². The van der Waals surface area contributed by atoms with Gasteiger partial charge in [-0.05, 0) is 43.2 Å². The highest BCUT2D eigenvalue weighted by Crippen LogP contribution is 2.25. The Kier molecular flexibility index (Phi) is 5.38. The lowest BCUT2D eigenvalue weighted by molar-refractivity contribution is 0.0448. The van der Waals surface area contributed by atoms with Gasteiger partial charge in [0.05, 0.1) is 18.9 Å². The third-order valence-electron chi connectivity index (χ3n) is 4.87. The largest absolute Gasteiger partial charge is 0.497 e. The number of carbonyl (C=O) groups excluding carboxylic acids is 1. The van der Waals surface area contributed by atoms with Crippen LogP contribution in [0.1, 0.15) is 36.2 Å². The van der Waals surface area contributed by atoms with Gasteiger partial charge in [-0.2, -0.15) is 5.10 Å². The van der Waals surface area contributed by atoms with Gasteiger partial charge in [0.15, 0.2) is 5.69 Å². The fourth-order valence-corrected chi connectivity index (χ4v) is 3.35. The number of ether oxygens (including phenoxy) is 1. The normalized spacial score (nSPS) is 20.3. The fourth-order valence-electron chi connectivity index (χ4n) is 3.35. The minimum atomic E-state index is -0.305. The summed E-state index contributed by atoms with van der Waals surface area (Å²) in [6, 6.07) is 9.22. The summed E-state index contributed by atoms with van der Waals surface area (Å²) in [6.45, 7) is 0.565. The maximum atomic E-state index is 12.6. The zero-order valence-electron chi connectivity index (χ0n) is 14.8. The van der Waals surface area contributed by atoms with Crippen LogP contribution in [-0.2, 0) is 0 Å². The Hall–Kier alpha value is -2.34. The lowest BCUT2D eigenvalue weighted by Gasteiger charge is -2.30. The molecule has 1 aliphatic carbocycles. The van der Waals surface area contributed by atoms with Gasteiger partial charge in [-0.3, -0.25) is 4.79 Å². The summed E-state index contributed by atoms with van der Waals surface area (Å²) < 4.78 is 6.83. The molecule has 1 aliphatic rings. The summed E-state index contributed by atoms with van der Waals surface area (Å²) in [5.74, 6) is 0.814. The van der Waals surface area contributed by atoms with Gasteiger partial charge < -0.3 is 14.7 Å². The summed E-state index contributed by atoms with van der Waals surface area (Å²) in [5, 5.41) is 14.5. The number of aromatic nitrogens is 2. The van der Waals surface area contributed by atoms with Crippen molar-refractivity contribution in [2.75, 3.05) is 20.7 Å². The molecule has 3 rings (SSSR count). The first-order valence-corrected chi connectivity index (χ1v) is 8.72. The van der Waals surface area contributed by atoms with Gasteiger partial charge in [0.25, 0.3) is 5.91 Å². The molecule has 1 aromatic heterocycles. The van der Waals surface area contributed by atoms with E-state index in [-0.39, 0.29) is 17.9 Å². The quantitative estimate of drug-likeness (QED) is 0.906. The molecule has 2 aromatic rings. The SMILES string of the molecule is COc1ccc(-n2ccc(C(=O)N(C)CC3CCCCC3O)n2)cc1. The van der Waals surface area contributed by atoms with Crippen molar-refractivity contribution < 1.29 is 14.6 Å². The Morgan fingerprint density at radius 1 is 1.28 bits per heavy atom. The van der Waals surface area contributed by atoms with Crippen LogP contribution in [0.5, 0.6) is 5.75 Å². The number of hydrogen-bond acceptors (Lipinski definition) is 4. The molecule has 1 fully saturated rings. The second kappa shape index (κ2) is 7.70. The van der Waals surface area contributed by atoms with Crippen LogP contribution in [-0.4, -0.2) is 52.5 Å². The highest BCUT2D eigenvalue weighted by molar-refractivity contribution is 5.92. The van der Waals surface area contributed by atoms with Gasteiger partial charge >= 0.3 is 0 Å². The number of rotatable bonds is 5. The summed E-state index contributed by atoms with van der Waals surface area (Å²) in [6.07, 6.45) is 5.47. The molecule has 6 heteroatoms. The molecule has 6 nitrogen and oxygen atoms in total. The van der Waals surface area contributed by atoms with Crippen LogP contribution in [0.25, 0.3) is 5.69 Å².